The maximum atomic E-state index is 11.5. The zero-order valence-corrected chi connectivity index (χ0v) is 35.8. The fraction of sp³-hybridized carbons (Fsp3) is 0.107. The van der Waals surface area contributed by atoms with Crippen LogP contribution in [-0.2, 0) is 0 Å². The van der Waals surface area contributed by atoms with Crippen LogP contribution >= 0.6 is 0 Å². The molecular weight excluding hydrogens is 865 g/mol. The van der Waals surface area contributed by atoms with Crippen LogP contribution in [0.1, 0.15) is 97.3 Å². The Bertz CT molecular complexity index is 3250. The Morgan fingerprint density at radius 1 is 0.294 bits per heavy atom. The van der Waals surface area contributed by atoms with Crippen molar-refractivity contribution in [3.63, 3.8) is 0 Å². The molecule has 12 heteroatoms. The second-order valence-electron chi connectivity index (χ2n) is 17.4. The first-order valence-corrected chi connectivity index (χ1v) is 21.8. The van der Waals surface area contributed by atoms with E-state index in [0.717, 1.165) is 22.3 Å². The summed E-state index contributed by atoms with van der Waals surface area (Å²) in [5.74, 6) is -0.981. The summed E-state index contributed by atoms with van der Waals surface area (Å²) >= 11 is 0. The SMILES string of the molecule is Oc1ccc([C@H]2Oc3cc(O)cc(C=Cc4ccc5c(c4)[C@@H](c4cc(O)cc6c4[C@@H](c4cc(O)cc(O)c4)[C@H](c4ccc(O)cc4)O6)[C@H](c4ccc(O)cc4)O5)c3[C@@H]2c2cc(O)cc(O)c2)cc1. The maximum absolute atomic E-state index is 11.5. The van der Waals surface area contributed by atoms with Gasteiger partial charge in [-0.2, -0.15) is 0 Å². The van der Waals surface area contributed by atoms with E-state index < -0.39 is 36.1 Å². The van der Waals surface area contributed by atoms with E-state index in [2.05, 4.69) is 0 Å². The molecule has 0 saturated carbocycles. The Balaban J connectivity index is 1.05. The van der Waals surface area contributed by atoms with E-state index in [9.17, 15) is 46.0 Å². The van der Waals surface area contributed by atoms with Crippen LogP contribution in [0.15, 0.2) is 152 Å². The minimum Gasteiger partial charge on any atom is -0.508 e. The highest BCUT2D eigenvalue weighted by Crippen LogP contribution is 2.59. The Kier molecular flexibility index (Phi) is 9.96. The van der Waals surface area contributed by atoms with Gasteiger partial charge in [-0.15, -0.1) is 0 Å². The maximum Gasteiger partial charge on any atom is 0.135 e. The normalized spacial score (nSPS) is 20.0. The molecule has 68 heavy (non-hydrogen) atoms. The molecule has 0 radical (unpaired) electrons. The van der Waals surface area contributed by atoms with Gasteiger partial charge in [-0.1, -0.05) is 54.6 Å². The number of hydrogen-bond donors (Lipinski definition) is 9. The number of rotatable bonds is 8. The largest absolute Gasteiger partial charge is 0.508 e. The van der Waals surface area contributed by atoms with Crippen molar-refractivity contribution >= 4 is 12.2 Å². The molecule has 0 aliphatic carbocycles. The molecule has 0 fully saturated rings. The highest BCUT2D eigenvalue weighted by molar-refractivity contribution is 5.76. The topological polar surface area (TPSA) is 210 Å². The Morgan fingerprint density at radius 3 is 1.21 bits per heavy atom. The third-order valence-corrected chi connectivity index (χ3v) is 13.0. The van der Waals surface area contributed by atoms with Gasteiger partial charge in [0.2, 0.25) is 0 Å². The fourth-order valence-corrected chi connectivity index (χ4v) is 10.2. The summed E-state index contributed by atoms with van der Waals surface area (Å²) in [6.07, 6.45) is 1.69. The molecule has 0 amide bonds. The predicted molar refractivity (Wildman–Crippen MR) is 251 cm³/mol. The van der Waals surface area contributed by atoms with Crippen LogP contribution in [0.25, 0.3) is 12.2 Å². The lowest BCUT2D eigenvalue weighted by Crippen LogP contribution is -2.16. The lowest BCUT2D eigenvalue weighted by molar-refractivity contribution is 0.220. The van der Waals surface area contributed by atoms with E-state index >= 15 is 0 Å². The van der Waals surface area contributed by atoms with Crippen molar-refractivity contribution in [1.82, 2.24) is 0 Å². The van der Waals surface area contributed by atoms with Crippen molar-refractivity contribution in [2.45, 2.75) is 36.1 Å². The summed E-state index contributed by atoms with van der Waals surface area (Å²) < 4.78 is 20.0. The third-order valence-electron chi connectivity index (χ3n) is 13.0. The van der Waals surface area contributed by atoms with Crippen LogP contribution in [0.3, 0.4) is 0 Å². The van der Waals surface area contributed by atoms with Crippen LogP contribution < -0.4 is 14.2 Å². The highest BCUT2D eigenvalue weighted by atomic mass is 16.5. The number of ether oxygens (including phenoxy) is 3. The average Bonchev–Trinajstić information content (AvgIpc) is 4.00. The molecule has 11 rings (SSSR count). The van der Waals surface area contributed by atoms with Gasteiger partial charge in [0.15, 0.2) is 0 Å². The Morgan fingerprint density at radius 2 is 0.706 bits per heavy atom. The summed E-state index contributed by atoms with van der Waals surface area (Å²) in [5, 5.41) is 96.0. The van der Waals surface area contributed by atoms with Crippen LogP contribution in [0, 0.1) is 0 Å². The second-order valence-corrected chi connectivity index (χ2v) is 17.4. The standard InChI is InChI=1S/C56H42O12/c57-35-10-4-29(5-11-35)54-50(33-19-38(60)23-39(61)20-33)49-32(18-42(64)26-47(49)67-54)3-1-28-2-16-46-44(17-28)52(56(66-46)31-8-14-37(59)15-9-31)45-25-43(65)27-48-53(45)51(34-21-40(62)24-41(63)22-34)55(68-48)30-6-12-36(58)13-7-30/h1-27,50-52,54-65H/t50-,51+,52-,54+,55-,56-/m0/s1. The van der Waals surface area contributed by atoms with E-state index in [1.165, 1.54) is 24.3 Å². The number of fused-ring (bicyclic) bond motifs is 3. The molecule has 3 heterocycles. The molecule has 0 bridgehead atoms. The van der Waals surface area contributed by atoms with E-state index in [4.69, 9.17) is 14.2 Å². The zero-order valence-electron chi connectivity index (χ0n) is 35.8. The van der Waals surface area contributed by atoms with E-state index in [-0.39, 0.29) is 51.7 Å². The number of benzene rings is 8. The lowest BCUT2D eigenvalue weighted by Gasteiger charge is -2.26. The van der Waals surface area contributed by atoms with Crippen LogP contribution in [0.2, 0.25) is 0 Å². The van der Waals surface area contributed by atoms with E-state index in [1.807, 2.05) is 30.4 Å². The zero-order chi connectivity index (χ0) is 47.0. The highest BCUT2D eigenvalue weighted by Gasteiger charge is 2.46. The fourth-order valence-electron chi connectivity index (χ4n) is 10.2. The molecule has 8 aromatic carbocycles. The molecule has 3 aliphatic heterocycles. The van der Waals surface area contributed by atoms with Crippen molar-refractivity contribution in [3.8, 4) is 69.0 Å². The first kappa shape index (κ1) is 41.8. The molecule has 0 spiro atoms. The minimum absolute atomic E-state index is 0.0494. The van der Waals surface area contributed by atoms with Crippen molar-refractivity contribution in [3.05, 3.63) is 213 Å². The van der Waals surface area contributed by atoms with Gasteiger partial charge in [0, 0.05) is 41.0 Å². The third kappa shape index (κ3) is 7.47. The molecule has 9 N–H and O–H groups in total. The van der Waals surface area contributed by atoms with Crippen LogP contribution in [-0.4, -0.2) is 46.0 Å². The first-order valence-electron chi connectivity index (χ1n) is 21.8. The van der Waals surface area contributed by atoms with Crippen molar-refractivity contribution in [2.24, 2.45) is 0 Å². The molecule has 0 saturated heterocycles. The van der Waals surface area contributed by atoms with Gasteiger partial charge in [-0.3, -0.25) is 0 Å². The monoisotopic (exact) mass is 906 g/mol. The molecule has 12 nitrogen and oxygen atoms in total. The summed E-state index contributed by atoms with van der Waals surface area (Å²) in [7, 11) is 0. The lowest BCUT2D eigenvalue weighted by atomic mass is 9.76. The van der Waals surface area contributed by atoms with Crippen molar-refractivity contribution in [2.75, 3.05) is 0 Å². The molecule has 0 unspecified atom stereocenters. The van der Waals surface area contributed by atoms with E-state index in [1.54, 1.807) is 109 Å². The average molecular weight is 907 g/mol. The van der Waals surface area contributed by atoms with E-state index in [0.29, 0.717) is 56.2 Å². The van der Waals surface area contributed by atoms with Gasteiger partial charge in [0.1, 0.15) is 87.3 Å². The summed E-state index contributed by atoms with van der Waals surface area (Å²) in [5.41, 5.74) is 7.38. The Hall–Kier alpha value is -8.90. The minimum atomic E-state index is -0.718. The molecule has 0 aromatic heterocycles. The van der Waals surface area contributed by atoms with Crippen molar-refractivity contribution in [1.29, 1.82) is 0 Å². The molecule has 338 valence electrons. The first-order chi connectivity index (χ1) is 32.8. The van der Waals surface area contributed by atoms with Crippen molar-refractivity contribution < 1.29 is 60.2 Å². The van der Waals surface area contributed by atoms with Gasteiger partial charge >= 0.3 is 0 Å². The predicted octanol–water partition coefficient (Wildman–Crippen LogP) is 11.0. The molecule has 3 aliphatic rings. The molecular formula is C56H42O12. The van der Waals surface area contributed by atoms with Crippen LogP contribution in [0.5, 0.6) is 69.0 Å². The van der Waals surface area contributed by atoms with Gasteiger partial charge in [-0.05, 0) is 129 Å². The second kappa shape index (κ2) is 16.2. The number of phenolic OH excluding ortho intramolecular Hbond substituents is 9. The Labute approximate surface area is 389 Å². The molecule has 6 atom stereocenters. The number of aromatic hydroxyl groups is 9. The quantitative estimate of drug-likeness (QED) is 0.0652. The van der Waals surface area contributed by atoms with Gasteiger partial charge in [0.25, 0.3) is 0 Å². The molecule has 8 aromatic rings. The van der Waals surface area contributed by atoms with Gasteiger partial charge in [0.05, 0.1) is 17.8 Å². The number of hydrogen-bond acceptors (Lipinski definition) is 12. The number of phenols is 9. The van der Waals surface area contributed by atoms with Gasteiger partial charge in [-0.25, -0.2) is 0 Å². The summed E-state index contributed by atoms with van der Waals surface area (Å²) in [6.45, 7) is 0. The summed E-state index contributed by atoms with van der Waals surface area (Å²) in [6, 6.07) is 40.7. The van der Waals surface area contributed by atoms with Crippen LogP contribution in [0.4, 0.5) is 0 Å². The van der Waals surface area contributed by atoms with Gasteiger partial charge < -0.3 is 60.2 Å². The smallest absolute Gasteiger partial charge is 0.135 e. The summed E-state index contributed by atoms with van der Waals surface area (Å²) in [4.78, 5) is 0.